The third kappa shape index (κ3) is 3.06. The van der Waals surface area contributed by atoms with Gasteiger partial charge in [0.05, 0.1) is 5.69 Å². The van der Waals surface area contributed by atoms with E-state index >= 15 is 0 Å². The smallest absolute Gasteiger partial charge is 0.348 e. The van der Waals surface area contributed by atoms with E-state index in [4.69, 9.17) is 0 Å². The van der Waals surface area contributed by atoms with E-state index in [0.717, 1.165) is 12.5 Å². The van der Waals surface area contributed by atoms with E-state index in [1.165, 1.54) is 12.1 Å². The van der Waals surface area contributed by atoms with Crippen LogP contribution in [0.2, 0.25) is 0 Å². The van der Waals surface area contributed by atoms with E-state index in [0.29, 0.717) is 31.1 Å². The van der Waals surface area contributed by atoms with Crippen molar-refractivity contribution in [3.05, 3.63) is 53.7 Å². The van der Waals surface area contributed by atoms with Crippen molar-refractivity contribution < 1.29 is 17.6 Å². The highest BCUT2D eigenvalue weighted by Gasteiger charge is 2.45. The molecule has 0 N–H and O–H groups in total. The molecule has 132 valence electrons. The summed E-state index contributed by atoms with van der Waals surface area (Å²) in [6.45, 7) is 1.72. The molecular formula is C17H16F4N4. The summed E-state index contributed by atoms with van der Waals surface area (Å²) in [6.07, 6.45) is -1.97. The van der Waals surface area contributed by atoms with Crippen molar-refractivity contribution in [2.45, 2.75) is 31.2 Å². The molecule has 5 heterocycles. The first kappa shape index (κ1) is 16.3. The fourth-order valence-corrected chi connectivity index (χ4v) is 3.67. The van der Waals surface area contributed by atoms with Crippen molar-refractivity contribution in [3.8, 4) is 0 Å². The normalized spacial score (nSPS) is 23.4. The second-order valence-corrected chi connectivity index (χ2v) is 6.46. The summed E-state index contributed by atoms with van der Waals surface area (Å²) in [5.41, 5.74) is -0.477. The number of nitrogens with zero attached hydrogens (tertiary/aromatic N) is 4. The van der Waals surface area contributed by atoms with E-state index in [-0.39, 0.29) is 17.9 Å². The van der Waals surface area contributed by atoms with Crippen LogP contribution in [0.15, 0.2) is 36.5 Å². The van der Waals surface area contributed by atoms with Gasteiger partial charge in [-0.2, -0.15) is 13.2 Å². The standard InChI is InChI=1S/C17H16F4N4/c18-13-3-2-6-22-14(13)10-24-8-11-7-12(9-24)25(11)16-5-1-4-15(23-16)17(19,20)21/h1-6,11-12H,7-10H2. The van der Waals surface area contributed by atoms with Crippen molar-refractivity contribution in [3.63, 3.8) is 0 Å². The first-order valence-corrected chi connectivity index (χ1v) is 8.06. The van der Waals surface area contributed by atoms with Crippen LogP contribution in [0.1, 0.15) is 17.8 Å². The van der Waals surface area contributed by atoms with E-state index in [2.05, 4.69) is 14.9 Å². The fraction of sp³-hybridized carbons (Fsp3) is 0.412. The van der Waals surface area contributed by atoms with Gasteiger partial charge in [0.2, 0.25) is 0 Å². The van der Waals surface area contributed by atoms with Gasteiger partial charge in [0, 0.05) is 37.9 Å². The maximum absolute atomic E-state index is 13.7. The van der Waals surface area contributed by atoms with Gasteiger partial charge in [-0.1, -0.05) is 6.07 Å². The zero-order chi connectivity index (χ0) is 17.6. The molecule has 2 aromatic heterocycles. The van der Waals surface area contributed by atoms with Gasteiger partial charge in [-0.25, -0.2) is 9.37 Å². The lowest BCUT2D eigenvalue weighted by molar-refractivity contribution is -0.141. The number of piperidine rings is 1. The third-order valence-electron chi connectivity index (χ3n) is 4.77. The molecule has 0 saturated carbocycles. The molecule has 3 aliphatic heterocycles. The Hall–Kier alpha value is -2.22. The summed E-state index contributed by atoms with van der Waals surface area (Å²) in [5, 5.41) is 0. The van der Waals surface area contributed by atoms with Crippen molar-refractivity contribution >= 4 is 5.82 Å². The van der Waals surface area contributed by atoms with E-state index < -0.39 is 11.9 Å². The zero-order valence-electron chi connectivity index (χ0n) is 13.2. The number of anilines is 1. The van der Waals surface area contributed by atoms with Gasteiger partial charge in [-0.15, -0.1) is 0 Å². The molecule has 2 unspecified atom stereocenters. The molecule has 5 rings (SSSR count). The SMILES string of the molecule is Fc1cccnc1CN1CC2CC(C1)N2c1cccc(C(F)(F)F)n1. The van der Waals surface area contributed by atoms with Crippen LogP contribution >= 0.6 is 0 Å². The summed E-state index contributed by atoms with van der Waals surface area (Å²) < 4.78 is 52.3. The van der Waals surface area contributed by atoms with Crippen molar-refractivity contribution in [1.82, 2.24) is 14.9 Å². The van der Waals surface area contributed by atoms with Gasteiger partial charge < -0.3 is 4.90 Å². The monoisotopic (exact) mass is 352 g/mol. The molecule has 3 fully saturated rings. The molecule has 0 radical (unpaired) electrons. The highest BCUT2D eigenvalue weighted by Crippen LogP contribution is 2.38. The molecule has 8 heteroatoms. The van der Waals surface area contributed by atoms with Crippen LogP contribution in [0, 0.1) is 5.82 Å². The van der Waals surface area contributed by atoms with Crippen LogP contribution in [-0.2, 0) is 12.7 Å². The van der Waals surface area contributed by atoms with Crippen LogP contribution in [0.25, 0.3) is 0 Å². The molecular weight excluding hydrogens is 336 g/mol. The van der Waals surface area contributed by atoms with Crippen LogP contribution in [0.4, 0.5) is 23.4 Å². The van der Waals surface area contributed by atoms with Gasteiger partial charge in [0.1, 0.15) is 17.3 Å². The van der Waals surface area contributed by atoms with Crippen molar-refractivity contribution in [2.24, 2.45) is 0 Å². The molecule has 0 amide bonds. The number of fused-ring (bicyclic) bond motifs is 2. The Morgan fingerprint density at radius 3 is 2.52 bits per heavy atom. The first-order valence-electron chi connectivity index (χ1n) is 8.06. The molecule has 2 aromatic rings. The molecule has 0 spiro atoms. The number of rotatable bonds is 3. The second-order valence-electron chi connectivity index (χ2n) is 6.46. The van der Waals surface area contributed by atoms with Crippen molar-refractivity contribution in [2.75, 3.05) is 18.0 Å². The Kier molecular flexibility index (Phi) is 3.87. The molecule has 2 bridgehead atoms. The van der Waals surface area contributed by atoms with Crippen LogP contribution in [0.3, 0.4) is 0 Å². The van der Waals surface area contributed by atoms with E-state index in [1.54, 1.807) is 18.3 Å². The second kappa shape index (κ2) is 5.94. The fourth-order valence-electron chi connectivity index (χ4n) is 3.67. The Balaban J connectivity index is 1.46. The predicted octanol–water partition coefficient (Wildman–Crippen LogP) is 3.10. The molecule has 25 heavy (non-hydrogen) atoms. The molecule has 4 nitrogen and oxygen atoms in total. The van der Waals surface area contributed by atoms with Crippen molar-refractivity contribution in [1.29, 1.82) is 0 Å². The summed E-state index contributed by atoms with van der Waals surface area (Å²) in [5.74, 6) is 0.0258. The lowest BCUT2D eigenvalue weighted by atomic mass is 9.87. The van der Waals surface area contributed by atoms with Crippen LogP contribution < -0.4 is 4.90 Å². The van der Waals surface area contributed by atoms with Gasteiger partial charge >= 0.3 is 6.18 Å². The zero-order valence-corrected chi connectivity index (χ0v) is 13.2. The molecule has 0 aromatic carbocycles. The Bertz CT molecular complexity index is 767. The summed E-state index contributed by atoms with van der Waals surface area (Å²) in [6, 6.07) is 7.11. The number of pyridine rings is 2. The number of hydrogen-bond donors (Lipinski definition) is 0. The van der Waals surface area contributed by atoms with E-state index in [9.17, 15) is 17.6 Å². The maximum atomic E-state index is 13.7. The number of alkyl halides is 3. The predicted molar refractivity (Wildman–Crippen MR) is 83.4 cm³/mol. The quantitative estimate of drug-likeness (QED) is 0.795. The topological polar surface area (TPSA) is 32.3 Å². The number of piperazine rings is 1. The average Bonchev–Trinajstić information content (AvgIpc) is 2.56. The Morgan fingerprint density at radius 1 is 1.08 bits per heavy atom. The molecule has 2 atom stereocenters. The number of hydrogen-bond acceptors (Lipinski definition) is 4. The van der Waals surface area contributed by atoms with Gasteiger partial charge in [0.15, 0.2) is 0 Å². The lowest BCUT2D eigenvalue weighted by Gasteiger charge is -2.57. The minimum atomic E-state index is -4.45. The van der Waals surface area contributed by atoms with Gasteiger partial charge in [-0.3, -0.25) is 9.88 Å². The first-order chi connectivity index (χ1) is 11.9. The molecule has 3 saturated heterocycles. The Labute approximate surface area is 142 Å². The summed E-state index contributed by atoms with van der Waals surface area (Å²) in [4.78, 5) is 11.9. The highest BCUT2D eigenvalue weighted by molar-refractivity contribution is 5.47. The van der Waals surface area contributed by atoms with E-state index in [1.807, 2.05) is 4.90 Å². The summed E-state index contributed by atoms with van der Waals surface area (Å²) >= 11 is 0. The lowest BCUT2D eigenvalue weighted by Crippen LogP contribution is -2.69. The van der Waals surface area contributed by atoms with Gasteiger partial charge in [-0.05, 0) is 30.7 Å². The van der Waals surface area contributed by atoms with Crippen LogP contribution in [0.5, 0.6) is 0 Å². The van der Waals surface area contributed by atoms with Crippen LogP contribution in [-0.4, -0.2) is 40.0 Å². The number of aromatic nitrogens is 2. The maximum Gasteiger partial charge on any atom is 0.433 e. The molecule has 0 aliphatic carbocycles. The average molecular weight is 352 g/mol. The summed E-state index contributed by atoms with van der Waals surface area (Å²) in [7, 11) is 0. The van der Waals surface area contributed by atoms with Gasteiger partial charge in [0.25, 0.3) is 0 Å². The minimum absolute atomic E-state index is 0.0986. The number of halogens is 4. The minimum Gasteiger partial charge on any atom is -0.348 e. The highest BCUT2D eigenvalue weighted by atomic mass is 19.4. The third-order valence-corrected chi connectivity index (χ3v) is 4.77. The molecule has 3 aliphatic rings. The largest absolute Gasteiger partial charge is 0.433 e. The Morgan fingerprint density at radius 2 is 1.84 bits per heavy atom.